The molecule has 0 aromatic carbocycles. The van der Waals surface area contributed by atoms with Gasteiger partial charge in [-0.2, -0.15) is 0 Å². The minimum Gasteiger partial charge on any atom is -0.467 e. The van der Waals surface area contributed by atoms with Gasteiger partial charge in [0.05, 0.1) is 7.11 Å². The molecular weight excluding hydrogens is 248 g/mol. The van der Waals surface area contributed by atoms with Gasteiger partial charge >= 0.3 is 5.97 Å². The number of hydrogen-bond acceptors (Lipinski definition) is 4. The van der Waals surface area contributed by atoms with Crippen molar-refractivity contribution in [3.05, 3.63) is 27.4 Å². The minimum absolute atomic E-state index is 0.362. The number of halogens is 1. The van der Waals surface area contributed by atoms with E-state index < -0.39 is 6.04 Å². The summed E-state index contributed by atoms with van der Waals surface area (Å²) in [6.45, 7) is 0. The molecule has 1 aromatic rings. The van der Waals surface area contributed by atoms with E-state index in [0.717, 1.165) is 9.69 Å². The van der Waals surface area contributed by atoms with Crippen molar-refractivity contribution in [2.45, 2.75) is 6.04 Å². The van der Waals surface area contributed by atoms with Crippen LogP contribution in [-0.4, -0.2) is 24.1 Å². The molecular formula is C9H7BrN2O2. The molecule has 0 aliphatic carbocycles. The summed E-state index contributed by atoms with van der Waals surface area (Å²) >= 11 is 3.30. The van der Waals surface area contributed by atoms with Crippen LogP contribution in [0.25, 0.3) is 6.08 Å². The van der Waals surface area contributed by atoms with Crippen molar-refractivity contribution in [3.63, 3.8) is 0 Å². The second-order valence-electron chi connectivity index (χ2n) is 2.83. The number of rotatable bonds is 1. The van der Waals surface area contributed by atoms with Gasteiger partial charge in [0, 0.05) is 15.9 Å². The number of carbonyl (C=O) groups is 1. The molecule has 14 heavy (non-hydrogen) atoms. The molecule has 0 unspecified atom stereocenters. The molecule has 0 spiro atoms. The maximum Gasteiger partial charge on any atom is 0.334 e. The summed E-state index contributed by atoms with van der Waals surface area (Å²) in [5, 5.41) is 0.856. The Morgan fingerprint density at radius 1 is 1.64 bits per heavy atom. The summed E-state index contributed by atoms with van der Waals surface area (Å²) in [6.07, 6.45) is 3.38. The third kappa shape index (κ3) is 1.55. The highest BCUT2D eigenvalue weighted by Gasteiger charge is 2.18. The fraction of sp³-hybridized carbons (Fsp3) is 0.222. The van der Waals surface area contributed by atoms with E-state index in [0.29, 0.717) is 5.49 Å². The first-order valence-corrected chi connectivity index (χ1v) is 4.79. The van der Waals surface area contributed by atoms with Crippen LogP contribution in [0.5, 0.6) is 0 Å². The van der Waals surface area contributed by atoms with Crippen LogP contribution in [0.4, 0.5) is 0 Å². The van der Waals surface area contributed by atoms with Crippen LogP contribution in [0.2, 0.25) is 0 Å². The van der Waals surface area contributed by atoms with E-state index in [1.807, 2.05) is 6.07 Å². The first-order chi connectivity index (χ1) is 6.70. The number of pyridine rings is 1. The Morgan fingerprint density at radius 3 is 3.14 bits per heavy atom. The lowest BCUT2D eigenvalue weighted by Crippen LogP contribution is -2.24. The van der Waals surface area contributed by atoms with Gasteiger partial charge < -0.3 is 4.74 Å². The SMILES string of the molecule is COC(=O)[C@@H]1C=c2cc(Br)cnc2=N1. The van der Waals surface area contributed by atoms with Crippen molar-refractivity contribution < 1.29 is 9.53 Å². The van der Waals surface area contributed by atoms with E-state index >= 15 is 0 Å². The Bertz CT molecular complexity index is 498. The average molecular weight is 255 g/mol. The highest BCUT2D eigenvalue weighted by molar-refractivity contribution is 9.10. The third-order valence-corrected chi connectivity index (χ3v) is 2.34. The molecule has 4 nitrogen and oxygen atoms in total. The molecule has 0 saturated carbocycles. The highest BCUT2D eigenvalue weighted by Crippen LogP contribution is 2.03. The molecule has 0 amide bonds. The Balaban J connectivity index is 2.48. The standard InChI is InChI=1S/C9H7BrN2O2/c1-14-9(13)7-3-5-2-6(10)4-11-8(5)12-7/h2-4,7H,1H3/t7-/m0/s1. The summed E-state index contributed by atoms with van der Waals surface area (Å²) < 4.78 is 5.46. The summed E-state index contributed by atoms with van der Waals surface area (Å²) in [5.74, 6) is -0.362. The number of esters is 1. The number of nitrogens with zero attached hydrogens (tertiary/aromatic N) is 2. The smallest absolute Gasteiger partial charge is 0.334 e. The summed E-state index contributed by atoms with van der Waals surface area (Å²) in [4.78, 5) is 19.4. The molecule has 1 aromatic heterocycles. The van der Waals surface area contributed by atoms with E-state index in [4.69, 9.17) is 0 Å². The largest absolute Gasteiger partial charge is 0.467 e. The van der Waals surface area contributed by atoms with Gasteiger partial charge in [0.2, 0.25) is 0 Å². The van der Waals surface area contributed by atoms with Crippen molar-refractivity contribution in [3.8, 4) is 0 Å². The van der Waals surface area contributed by atoms with Gasteiger partial charge in [-0.05, 0) is 28.1 Å². The molecule has 72 valence electrons. The van der Waals surface area contributed by atoms with Crippen molar-refractivity contribution in [2.24, 2.45) is 4.99 Å². The van der Waals surface area contributed by atoms with Crippen molar-refractivity contribution >= 4 is 28.0 Å². The van der Waals surface area contributed by atoms with Gasteiger partial charge in [-0.15, -0.1) is 0 Å². The summed E-state index contributed by atoms with van der Waals surface area (Å²) in [7, 11) is 1.35. The van der Waals surface area contributed by atoms with Crippen molar-refractivity contribution in [1.82, 2.24) is 4.98 Å². The molecule has 5 heteroatoms. The molecule has 1 aliphatic heterocycles. The molecule has 0 N–H and O–H groups in total. The van der Waals surface area contributed by atoms with Gasteiger partial charge in [-0.1, -0.05) is 0 Å². The fourth-order valence-electron chi connectivity index (χ4n) is 1.26. The summed E-state index contributed by atoms with van der Waals surface area (Å²) in [6, 6.07) is 1.33. The first kappa shape index (κ1) is 9.33. The zero-order valence-corrected chi connectivity index (χ0v) is 8.98. The number of carbonyl (C=O) groups excluding carboxylic acids is 1. The normalized spacial score (nSPS) is 18.0. The zero-order valence-electron chi connectivity index (χ0n) is 7.40. The molecule has 1 atom stereocenters. The van der Waals surface area contributed by atoms with Crippen LogP contribution in [0.1, 0.15) is 0 Å². The van der Waals surface area contributed by atoms with E-state index in [2.05, 4.69) is 30.6 Å². The maximum atomic E-state index is 11.2. The Morgan fingerprint density at radius 2 is 2.43 bits per heavy atom. The quantitative estimate of drug-likeness (QED) is 0.653. The number of ether oxygens (including phenoxy) is 1. The van der Waals surface area contributed by atoms with Gasteiger partial charge in [-0.25, -0.2) is 14.8 Å². The lowest BCUT2D eigenvalue weighted by Gasteiger charge is -1.99. The zero-order chi connectivity index (χ0) is 10.1. The van der Waals surface area contributed by atoms with Crippen LogP contribution in [0.15, 0.2) is 21.7 Å². The lowest BCUT2D eigenvalue weighted by molar-refractivity contribution is -0.140. The van der Waals surface area contributed by atoms with Crippen molar-refractivity contribution in [2.75, 3.05) is 7.11 Å². The minimum atomic E-state index is -0.545. The second-order valence-corrected chi connectivity index (χ2v) is 3.75. The fourth-order valence-corrected chi connectivity index (χ4v) is 1.61. The monoisotopic (exact) mass is 254 g/mol. The number of methoxy groups -OCH3 is 1. The Hall–Kier alpha value is -1.23. The molecule has 2 heterocycles. The predicted octanol–water partition coefficient (Wildman–Crippen LogP) is -0.201. The molecule has 0 saturated heterocycles. The molecule has 2 rings (SSSR count). The van der Waals surface area contributed by atoms with E-state index in [9.17, 15) is 4.79 Å². The lowest BCUT2D eigenvalue weighted by atomic mass is 10.3. The molecule has 1 aliphatic rings. The maximum absolute atomic E-state index is 11.2. The molecule has 0 fully saturated rings. The number of hydrogen-bond donors (Lipinski definition) is 0. The Kier molecular flexibility index (Phi) is 2.33. The van der Waals surface area contributed by atoms with Crippen LogP contribution in [-0.2, 0) is 9.53 Å². The number of aromatic nitrogens is 1. The average Bonchev–Trinajstić information content (AvgIpc) is 2.59. The summed E-state index contributed by atoms with van der Waals surface area (Å²) in [5.41, 5.74) is 0.587. The van der Waals surface area contributed by atoms with E-state index in [-0.39, 0.29) is 5.97 Å². The van der Waals surface area contributed by atoms with Crippen LogP contribution < -0.4 is 10.7 Å². The van der Waals surface area contributed by atoms with Gasteiger partial charge in [-0.3, -0.25) is 0 Å². The third-order valence-electron chi connectivity index (χ3n) is 1.90. The Labute approximate surface area is 88.5 Å². The van der Waals surface area contributed by atoms with Gasteiger partial charge in [0.25, 0.3) is 0 Å². The number of fused-ring (bicyclic) bond motifs is 1. The van der Waals surface area contributed by atoms with Crippen LogP contribution >= 0.6 is 15.9 Å². The second kappa shape index (κ2) is 3.49. The molecule has 0 radical (unpaired) electrons. The topological polar surface area (TPSA) is 51.5 Å². The highest BCUT2D eigenvalue weighted by atomic mass is 79.9. The van der Waals surface area contributed by atoms with Gasteiger partial charge in [0.15, 0.2) is 11.5 Å². The van der Waals surface area contributed by atoms with Crippen molar-refractivity contribution in [1.29, 1.82) is 0 Å². The van der Waals surface area contributed by atoms with Crippen LogP contribution in [0.3, 0.4) is 0 Å². The van der Waals surface area contributed by atoms with E-state index in [1.54, 1.807) is 12.3 Å². The van der Waals surface area contributed by atoms with Gasteiger partial charge in [0.1, 0.15) is 0 Å². The first-order valence-electron chi connectivity index (χ1n) is 4.00. The molecule has 0 bridgehead atoms. The van der Waals surface area contributed by atoms with Crippen LogP contribution in [0, 0.1) is 0 Å². The predicted molar refractivity (Wildman–Crippen MR) is 53.0 cm³/mol. The van der Waals surface area contributed by atoms with E-state index in [1.165, 1.54) is 7.11 Å².